The lowest BCUT2D eigenvalue weighted by molar-refractivity contribution is -0.132. The maximum atomic E-state index is 12.6. The van der Waals surface area contributed by atoms with Crippen LogP contribution in [0, 0.1) is 0 Å². The first-order chi connectivity index (χ1) is 11.5. The van der Waals surface area contributed by atoms with E-state index in [2.05, 4.69) is 6.92 Å². The van der Waals surface area contributed by atoms with Crippen molar-refractivity contribution in [2.24, 2.45) is 0 Å². The lowest BCUT2D eigenvalue weighted by Gasteiger charge is -2.28. The van der Waals surface area contributed by atoms with E-state index in [0.717, 1.165) is 17.7 Å². The smallest absolute Gasteiger partial charge is 0.227 e. The van der Waals surface area contributed by atoms with Crippen molar-refractivity contribution >= 4 is 11.6 Å². The van der Waals surface area contributed by atoms with Crippen LogP contribution in [0.4, 0.5) is 5.69 Å². The van der Waals surface area contributed by atoms with Crippen molar-refractivity contribution in [2.45, 2.75) is 32.7 Å². The maximum absolute atomic E-state index is 12.6. The molecular formula is C20H26N2O2. The van der Waals surface area contributed by atoms with Gasteiger partial charge in [-0.05, 0) is 55.7 Å². The van der Waals surface area contributed by atoms with Crippen molar-refractivity contribution in [2.75, 3.05) is 19.4 Å². The van der Waals surface area contributed by atoms with Crippen molar-refractivity contribution < 1.29 is 9.53 Å². The lowest BCUT2D eigenvalue weighted by Crippen LogP contribution is -2.40. The number of hydrogen-bond acceptors (Lipinski definition) is 3. The van der Waals surface area contributed by atoms with Gasteiger partial charge in [-0.3, -0.25) is 4.79 Å². The van der Waals surface area contributed by atoms with Crippen LogP contribution in [0.25, 0.3) is 0 Å². The second-order valence-corrected chi connectivity index (χ2v) is 6.00. The number of likely N-dealkylation sites (N-methyl/N-ethyl adjacent to an activating group) is 1. The molecule has 0 saturated heterocycles. The molecule has 0 aliphatic heterocycles. The molecular weight excluding hydrogens is 300 g/mol. The molecule has 0 heterocycles. The zero-order valence-corrected chi connectivity index (χ0v) is 14.7. The number of methoxy groups -OCH3 is 1. The van der Waals surface area contributed by atoms with Crippen LogP contribution in [0.3, 0.4) is 0 Å². The first-order valence-electron chi connectivity index (χ1n) is 8.30. The number of rotatable bonds is 7. The van der Waals surface area contributed by atoms with Crippen LogP contribution in [0.2, 0.25) is 0 Å². The van der Waals surface area contributed by atoms with Crippen LogP contribution in [0.1, 0.15) is 25.0 Å². The van der Waals surface area contributed by atoms with Crippen LogP contribution < -0.4 is 10.5 Å². The molecule has 0 aromatic heterocycles. The molecule has 0 bridgehead atoms. The molecule has 1 unspecified atom stereocenters. The Kier molecular flexibility index (Phi) is 6.24. The first-order valence-corrected chi connectivity index (χ1v) is 8.30. The summed E-state index contributed by atoms with van der Waals surface area (Å²) in [7, 11) is 1.66. The summed E-state index contributed by atoms with van der Waals surface area (Å²) < 4.78 is 5.18. The summed E-state index contributed by atoms with van der Waals surface area (Å²) >= 11 is 0. The van der Waals surface area contributed by atoms with Gasteiger partial charge >= 0.3 is 0 Å². The predicted octanol–water partition coefficient (Wildman–Crippen LogP) is 3.30. The maximum Gasteiger partial charge on any atom is 0.227 e. The molecule has 2 aromatic carbocycles. The van der Waals surface area contributed by atoms with Gasteiger partial charge < -0.3 is 15.4 Å². The summed E-state index contributed by atoms with van der Waals surface area (Å²) in [5.41, 5.74) is 8.59. The largest absolute Gasteiger partial charge is 0.497 e. The van der Waals surface area contributed by atoms with Gasteiger partial charge in [0, 0.05) is 18.3 Å². The number of nitrogens with zero attached hydrogens (tertiary/aromatic N) is 1. The quantitative estimate of drug-likeness (QED) is 0.794. The average Bonchev–Trinajstić information content (AvgIpc) is 2.58. The van der Waals surface area contributed by atoms with E-state index in [1.807, 2.05) is 60.4 Å². The van der Waals surface area contributed by atoms with Crippen molar-refractivity contribution in [3.05, 3.63) is 59.7 Å². The van der Waals surface area contributed by atoms with E-state index in [9.17, 15) is 4.79 Å². The molecule has 2 rings (SSSR count). The summed E-state index contributed by atoms with van der Waals surface area (Å²) in [4.78, 5) is 14.6. The second-order valence-electron chi connectivity index (χ2n) is 6.00. The average molecular weight is 326 g/mol. The first kappa shape index (κ1) is 17.9. The van der Waals surface area contributed by atoms with Crippen molar-refractivity contribution in [1.29, 1.82) is 0 Å². The molecule has 4 heteroatoms. The fourth-order valence-corrected chi connectivity index (χ4v) is 2.86. The molecule has 0 saturated carbocycles. The molecule has 0 aliphatic rings. The van der Waals surface area contributed by atoms with Gasteiger partial charge in [-0.25, -0.2) is 0 Å². The third kappa shape index (κ3) is 4.75. The molecule has 4 nitrogen and oxygen atoms in total. The Hall–Kier alpha value is -2.49. The highest BCUT2D eigenvalue weighted by Gasteiger charge is 2.19. The fraction of sp³-hybridized carbons (Fsp3) is 0.350. The molecule has 0 radical (unpaired) electrons. The van der Waals surface area contributed by atoms with Crippen LogP contribution in [0.15, 0.2) is 48.5 Å². The Morgan fingerprint density at radius 3 is 2.21 bits per heavy atom. The Bertz CT molecular complexity index is 650. The van der Waals surface area contributed by atoms with E-state index in [4.69, 9.17) is 10.5 Å². The Balaban J connectivity index is 1.99. The topological polar surface area (TPSA) is 55.6 Å². The number of anilines is 1. The molecule has 0 aliphatic carbocycles. The SMILES string of the molecule is CCN(C(=O)Cc1ccc(N)cc1)C(C)Cc1ccc(OC)cc1. The van der Waals surface area contributed by atoms with Gasteiger partial charge in [-0.15, -0.1) is 0 Å². The van der Waals surface area contributed by atoms with Gasteiger partial charge in [0.2, 0.25) is 5.91 Å². The molecule has 0 spiro atoms. The minimum Gasteiger partial charge on any atom is -0.497 e. The van der Waals surface area contributed by atoms with Gasteiger partial charge in [0.25, 0.3) is 0 Å². The summed E-state index contributed by atoms with van der Waals surface area (Å²) in [6.45, 7) is 4.81. The van der Waals surface area contributed by atoms with Gasteiger partial charge in [-0.1, -0.05) is 24.3 Å². The van der Waals surface area contributed by atoms with Crippen LogP contribution in [-0.4, -0.2) is 30.5 Å². The lowest BCUT2D eigenvalue weighted by atomic mass is 10.0. The molecule has 2 N–H and O–H groups in total. The number of nitrogen functional groups attached to an aromatic ring is 1. The van der Waals surface area contributed by atoms with Gasteiger partial charge in [0.1, 0.15) is 5.75 Å². The standard InChI is InChI=1S/C20H26N2O2/c1-4-22(20(23)14-17-5-9-18(21)10-6-17)15(2)13-16-7-11-19(24-3)12-8-16/h5-12,15H,4,13-14,21H2,1-3H3. The molecule has 1 atom stereocenters. The Morgan fingerprint density at radius 2 is 1.67 bits per heavy atom. The predicted molar refractivity (Wildman–Crippen MR) is 98.1 cm³/mol. The van der Waals surface area contributed by atoms with E-state index in [-0.39, 0.29) is 11.9 Å². The number of benzene rings is 2. The molecule has 0 fully saturated rings. The van der Waals surface area contributed by atoms with Gasteiger partial charge in [-0.2, -0.15) is 0 Å². The monoisotopic (exact) mass is 326 g/mol. The van der Waals surface area contributed by atoms with E-state index in [1.165, 1.54) is 5.56 Å². The van der Waals surface area contributed by atoms with Crippen LogP contribution >= 0.6 is 0 Å². The van der Waals surface area contributed by atoms with Gasteiger partial charge in [0.15, 0.2) is 0 Å². The third-order valence-electron chi connectivity index (χ3n) is 4.22. The number of ether oxygens (including phenoxy) is 1. The fourth-order valence-electron chi connectivity index (χ4n) is 2.86. The molecule has 128 valence electrons. The molecule has 1 amide bonds. The zero-order chi connectivity index (χ0) is 17.5. The Labute approximate surface area is 144 Å². The van der Waals surface area contributed by atoms with E-state index in [0.29, 0.717) is 18.7 Å². The summed E-state index contributed by atoms with van der Waals surface area (Å²) in [5.74, 6) is 0.987. The third-order valence-corrected chi connectivity index (χ3v) is 4.22. The second kappa shape index (κ2) is 8.39. The van der Waals surface area contributed by atoms with Gasteiger partial charge in [0.05, 0.1) is 13.5 Å². The highest BCUT2D eigenvalue weighted by molar-refractivity contribution is 5.79. The zero-order valence-electron chi connectivity index (χ0n) is 14.7. The van der Waals surface area contributed by atoms with Crippen LogP contribution in [0.5, 0.6) is 5.75 Å². The number of hydrogen-bond donors (Lipinski definition) is 1. The number of carbonyl (C=O) groups is 1. The highest BCUT2D eigenvalue weighted by atomic mass is 16.5. The van der Waals surface area contributed by atoms with Crippen molar-refractivity contribution in [3.63, 3.8) is 0 Å². The molecule has 24 heavy (non-hydrogen) atoms. The minimum atomic E-state index is 0.142. The Morgan fingerprint density at radius 1 is 1.08 bits per heavy atom. The normalized spacial score (nSPS) is 11.8. The number of carbonyl (C=O) groups excluding carboxylic acids is 1. The summed E-state index contributed by atoms with van der Waals surface area (Å²) in [6, 6.07) is 15.6. The number of nitrogens with two attached hydrogens (primary N) is 1. The summed E-state index contributed by atoms with van der Waals surface area (Å²) in [5, 5.41) is 0. The van der Waals surface area contributed by atoms with Crippen molar-refractivity contribution in [1.82, 2.24) is 4.90 Å². The van der Waals surface area contributed by atoms with E-state index < -0.39 is 0 Å². The highest BCUT2D eigenvalue weighted by Crippen LogP contribution is 2.16. The van der Waals surface area contributed by atoms with Crippen molar-refractivity contribution in [3.8, 4) is 5.75 Å². The minimum absolute atomic E-state index is 0.142. The van der Waals surface area contributed by atoms with Crippen LogP contribution in [-0.2, 0) is 17.6 Å². The molecule has 2 aromatic rings. The number of amides is 1. The summed E-state index contributed by atoms with van der Waals surface area (Å²) in [6.07, 6.45) is 1.23. The van der Waals surface area contributed by atoms with E-state index >= 15 is 0 Å². The van der Waals surface area contributed by atoms with E-state index in [1.54, 1.807) is 7.11 Å².